The molecule has 0 heterocycles. The van der Waals surface area contributed by atoms with Crippen LogP contribution in [-0.2, 0) is 9.53 Å². The van der Waals surface area contributed by atoms with Crippen LogP contribution in [0.25, 0.3) is 0 Å². The number of unbranched alkanes of at least 4 members (excludes halogenated alkanes) is 4. The number of carbonyl (C=O) groups is 1. The standard InChI is InChI=1S/C16H29NO2/c1-14(15(2)19-16(3)18)12-10-8-6-5-7-9-11-13-17-4/h8,10,13-15H,5-7,9,11-12H2,1-4H3. The molecule has 0 saturated carbocycles. The zero-order chi connectivity index (χ0) is 14.5. The van der Waals surface area contributed by atoms with Crippen molar-refractivity contribution in [3.05, 3.63) is 12.2 Å². The molecule has 0 aromatic rings. The average molecular weight is 267 g/mol. The SMILES string of the molecule is CN=CCCCCCC=CCC(C)C(C)OC(C)=O. The van der Waals surface area contributed by atoms with Crippen LogP contribution in [0.15, 0.2) is 17.1 Å². The van der Waals surface area contributed by atoms with Crippen LogP contribution in [0.4, 0.5) is 0 Å². The van der Waals surface area contributed by atoms with Crippen LogP contribution >= 0.6 is 0 Å². The van der Waals surface area contributed by atoms with Crippen molar-refractivity contribution in [3.63, 3.8) is 0 Å². The minimum atomic E-state index is -0.195. The third-order valence-corrected chi connectivity index (χ3v) is 3.21. The Morgan fingerprint density at radius 2 is 1.84 bits per heavy atom. The predicted molar refractivity (Wildman–Crippen MR) is 81.7 cm³/mol. The Kier molecular flexibility index (Phi) is 11.2. The molecule has 0 spiro atoms. The van der Waals surface area contributed by atoms with E-state index in [1.807, 2.05) is 20.2 Å². The van der Waals surface area contributed by atoms with Gasteiger partial charge in [0.05, 0.1) is 0 Å². The number of allylic oxidation sites excluding steroid dienone is 2. The highest BCUT2D eigenvalue weighted by Crippen LogP contribution is 2.13. The molecule has 0 rings (SSSR count). The lowest BCUT2D eigenvalue weighted by molar-refractivity contribution is -0.147. The molecule has 19 heavy (non-hydrogen) atoms. The molecule has 0 N–H and O–H groups in total. The normalized spacial score (nSPS) is 14.9. The molecule has 0 bridgehead atoms. The van der Waals surface area contributed by atoms with Crippen LogP contribution in [0.2, 0.25) is 0 Å². The molecule has 0 radical (unpaired) electrons. The largest absolute Gasteiger partial charge is 0.463 e. The van der Waals surface area contributed by atoms with Gasteiger partial charge >= 0.3 is 5.97 Å². The highest BCUT2D eigenvalue weighted by atomic mass is 16.5. The monoisotopic (exact) mass is 267 g/mol. The van der Waals surface area contributed by atoms with E-state index in [9.17, 15) is 4.79 Å². The molecule has 2 unspecified atom stereocenters. The summed E-state index contributed by atoms with van der Waals surface area (Å²) in [4.78, 5) is 14.8. The summed E-state index contributed by atoms with van der Waals surface area (Å²) in [6, 6.07) is 0. The number of nitrogens with zero attached hydrogens (tertiary/aromatic N) is 1. The predicted octanol–water partition coefficient (Wildman–Crippen LogP) is 4.17. The van der Waals surface area contributed by atoms with Crippen molar-refractivity contribution in [2.45, 2.75) is 65.4 Å². The van der Waals surface area contributed by atoms with Crippen LogP contribution in [0.1, 0.15) is 59.3 Å². The Bertz CT molecular complexity index is 284. The van der Waals surface area contributed by atoms with Gasteiger partial charge in [-0.05, 0) is 51.2 Å². The molecule has 0 saturated heterocycles. The van der Waals surface area contributed by atoms with Crippen molar-refractivity contribution < 1.29 is 9.53 Å². The van der Waals surface area contributed by atoms with E-state index in [4.69, 9.17) is 4.74 Å². The van der Waals surface area contributed by atoms with Gasteiger partial charge in [0.15, 0.2) is 0 Å². The second-order valence-electron chi connectivity index (χ2n) is 5.08. The topological polar surface area (TPSA) is 38.7 Å². The molecule has 0 amide bonds. The summed E-state index contributed by atoms with van der Waals surface area (Å²) in [5, 5.41) is 0. The fourth-order valence-electron chi connectivity index (χ4n) is 1.80. The van der Waals surface area contributed by atoms with E-state index in [0.717, 1.165) is 19.3 Å². The lowest BCUT2D eigenvalue weighted by atomic mass is 10.0. The van der Waals surface area contributed by atoms with E-state index in [1.54, 1.807) is 0 Å². The molecule has 0 aromatic carbocycles. The van der Waals surface area contributed by atoms with E-state index < -0.39 is 0 Å². The molecule has 0 aliphatic rings. The van der Waals surface area contributed by atoms with Crippen molar-refractivity contribution in [2.24, 2.45) is 10.9 Å². The quantitative estimate of drug-likeness (QED) is 0.258. The number of rotatable bonds is 10. The summed E-state index contributed by atoms with van der Waals surface area (Å²) in [5.41, 5.74) is 0. The lowest BCUT2D eigenvalue weighted by Crippen LogP contribution is -2.20. The summed E-state index contributed by atoms with van der Waals surface area (Å²) in [5.74, 6) is 0.180. The van der Waals surface area contributed by atoms with Crippen LogP contribution in [0, 0.1) is 5.92 Å². The summed E-state index contributed by atoms with van der Waals surface area (Å²) in [6.07, 6.45) is 13.3. The second-order valence-corrected chi connectivity index (χ2v) is 5.08. The molecule has 3 nitrogen and oxygen atoms in total. The van der Waals surface area contributed by atoms with Gasteiger partial charge in [0, 0.05) is 14.0 Å². The van der Waals surface area contributed by atoms with Gasteiger partial charge in [-0.3, -0.25) is 4.79 Å². The van der Waals surface area contributed by atoms with Gasteiger partial charge in [0.25, 0.3) is 0 Å². The summed E-state index contributed by atoms with van der Waals surface area (Å²) in [7, 11) is 1.82. The van der Waals surface area contributed by atoms with E-state index in [1.165, 1.54) is 26.2 Å². The van der Waals surface area contributed by atoms with Crippen molar-refractivity contribution in [3.8, 4) is 0 Å². The van der Waals surface area contributed by atoms with Crippen molar-refractivity contribution in [1.29, 1.82) is 0 Å². The van der Waals surface area contributed by atoms with E-state index in [-0.39, 0.29) is 12.1 Å². The summed E-state index contributed by atoms with van der Waals surface area (Å²) >= 11 is 0. The van der Waals surface area contributed by atoms with E-state index in [0.29, 0.717) is 5.92 Å². The smallest absolute Gasteiger partial charge is 0.302 e. The zero-order valence-corrected chi connectivity index (χ0v) is 12.9. The molecule has 0 fully saturated rings. The molecule has 0 aliphatic heterocycles. The third kappa shape index (κ3) is 11.7. The highest BCUT2D eigenvalue weighted by molar-refractivity contribution is 5.66. The number of carbonyl (C=O) groups excluding carboxylic acids is 1. The maximum Gasteiger partial charge on any atom is 0.302 e. The number of hydrogen-bond acceptors (Lipinski definition) is 3. The van der Waals surface area contributed by atoms with Gasteiger partial charge in [-0.25, -0.2) is 0 Å². The first kappa shape index (κ1) is 17.9. The maximum absolute atomic E-state index is 10.8. The lowest BCUT2D eigenvalue weighted by Gasteiger charge is -2.17. The Labute approximate surface area is 118 Å². The minimum absolute atomic E-state index is 0.00418. The molecule has 110 valence electrons. The van der Waals surface area contributed by atoms with Gasteiger partial charge in [0.1, 0.15) is 6.10 Å². The van der Waals surface area contributed by atoms with Gasteiger partial charge < -0.3 is 9.73 Å². The van der Waals surface area contributed by atoms with Crippen molar-refractivity contribution in [1.82, 2.24) is 0 Å². The Morgan fingerprint density at radius 1 is 1.16 bits per heavy atom. The molecule has 0 aliphatic carbocycles. The van der Waals surface area contributed by atoms with Crippen LogP contribution in [0.5, 0.6) is 0 Å². The zero-order valence-electron chi connectivity index (χ0n) is 12.9. The van der Waals surface area contributed by atoms with E-state index in [2.05, 4.69) is 24.1 Å². The molecule has 3 heteroatoms. The summed E-state index contributed by atoms with van der Waals surface area (Å²) < 4.78 is 5.16. The Morgan fingerprint density at radius 3 is 2.47 bits per heavy atom. The van der Waals surface area contributed by atoms with Gasteiger partial charge in [0.2, 0.25) is 0 Å². The molecule has 0 aromatic heterocycles. The number of hydrogen-bond donors (Lipinski definition) is 0. The minimum Gasteiger partial charge on any atom is -0.463 e. The number of esters is 1. The third-order valence-electron chi connectivity index (χ3n) is 3.21. The maximum atomic E-state index is 10.8. The number of ether oxygens (including phenoxy) is 1. The first-order valence-electron chi connectivity index (χ1n) is 7.30. The van der Waals surface area contributed by atoms with E-state index >= 15 is 0 Å². The van der Waals surface area contributed by atoms with Crippen molar-refractivity contribution in [2.75, 3.05) is 7.05 Å². The first-order chi connectivity index (χ1) is 9.07. The average Bonchev–Trinajstić information content (AvgIpc) is 2.35. The van der Waals surface area contributed by atoms with Gasteiger partial charge in [-0.1, -0.05) is 25.5 Å². The molecular formula is C16H29NO2. The first-order valence-corrected chi connectivity index (χ1v) is 7.30. The molecule has 2 atom stereocenters. The Balaban J connectivity index is 3.53. The summed E-state index contributed by atoms with van der Waals surface area (Å²) in [6.45, 7) is 5.53. The van der Waals surface area contributed by atoms with Crippen LogP contribution in [0.3, 0.4) is 0 Å². The van der Waals surface area contributed by atoms with Gasteiger partial charge in [-0.2, -0.15) is 0 Å². The van der Waals surface area contributed by atoms with Crippen LogP contribution < -0.4 is 0 Å². The Hall–Kier alpha value is -1.12. The van der Waals surface area contributed by atoms with Crippen LogP contribution in [-0.4, -0.2) is 25.3 Å². The fraction of sp³-hybridized carbons (Fsp3) is 0.750. The second kappa shape index (κ2) is 11.9. The van der Waals surface area contributed by atoms with Crippen molar-refractivity contribution >= 4 is 12.2 Å². The van der Waals surface area contributed by atoms with Gasteiger partial charge in [-0.15, -0.1) is 0 Å². The number of aliphatic imine (C=N–C) groups is 1. The fourth-order valence-corrected chi connectivity index (χ4v) is 1.80. The molecular weight excluding hydrogens is 238 g/mol. The highest BCUT2D eigenvalue weighted by Gasteiger charge is 2.12.